The van der Waals surface area contributed by atoms with E-state index in [4.69, 9.17) is 4.89 Å². The highest BCUT2D eigenvalue weighted by Gasteiger charge is 2.54. The van der Waals surface area contributed by atoms with Crippen LogP contribution >= 0.6 is 0 Å². The predicted molar refractivity (Wildman–Crippen MR) is 47.8 cm³/mol. The summed E-state index contributed by atoms with van der Waals surface area (Å²) in [5.41, 5.74) is -0.532. The fourth-order valence-electron chi connectivity index (χ4n) is 1.62. The molecule has 1 fully saturated rings. The summed E-state index contributed by atoms with van der Waals surface area (Å²) in [7, 11) is 0. The van der Waals surface area contributed by atoms with Crippen molar-refractivity contribution in [2.75, 3.05) is 0 Å². The van der Waals surface area contributed by atoms with E-state index < -0.39 is 17.6 Å². The van der Waals surface area contributed by atoms with Crippen LogP contribution in [0.25, 0.3) is 0 Å². The lowest BCUT2D eigenvalue weighted by Crippen LogP contribution is -2.67. The maximum absolute atomic E-state index is 11.3. The molecule has 1 atom stereocenters. The third kappa shape index (κ3) is 1.59. The third-order valence-corrected chi connectivity index (χ3v) is 2.74. The molecular weight excluding hydrogens is 186 g/mol. The molecule has 1 heterocycles. The maximum Gasteiger partial charge on any atom is 0.339 e. The Balaban J connectivity index is 2.55. The molecule has 1 unspecified atom stereocenters. The monoisotopic (exact) mass is 201 g/mol. The molecule has 0 aliphatic carbocycles. The van der Waals surface area contributed by atoms with E-state index in [-0.39, 0.29) is 5.91 Å². The van der Waals surface area contributed by atoms with Crippen molar-refractivity contribution >= 4 is 11.9 Å². The van der Waals surface area contributed by atoms with Crippen molar-refractivity contribution in [1.29, 1.82) is 0 Å². The van der Waals surface area contributed by atoms with Gasteiger partial charge in [0.15, 0.2) is 6.23 Å². The van der Waals surface area contributed by atoms with Gasteiger partial charge in [-0.05, 0) is 12.8 Å². The first kappa shape index (κ1) is 11.0. The molecule has 1 rings (SSSR count). The van der Waals surface area contributed by atoms with Gasteiger partial charge in [-0.1, -0.05) is 13.8 Å². The number of carbonyl (C=O) groups is 2. The predicted octanol–water partition coefficient (Wildman–Crippen LogP) is 0.743. The molecule has 80 valence electrons. The average molecular weight is 201 g/mol. The van der Waals surface area contributed by atoms with Crippen molar-refractivity contribution in [3.63, 3.8) is 0 Å². The summed E-state index contributed by atoms with van der Waals surface area (Å²) in [5, 5.41) is 2.55. The van der Waals surface area contributed by atoms with Crippen LogP contribution in [0.2, 0.25) is 0 Å². The SMILES string of the molecule is CCC1(CC)C(=O)NC1OOC(C)=O. The van der Waals surface area contributed by atoms with E-state index in [1.54, 1.807) is 0 Å². The second kappa shape index (κ2) is 3.96. The Kier molecular flexibility index (Phi) is 3.10. The molecule has 0 bridgehead atoms. The van der Waals surface area contributed by atoms with Crippen LogP contribution in [0, 0.1) is 5.41 Å². The minimum absolute atomic E-state index is 0.0420. The Morgan fingerprint density at radius 3 is 2.43 bits per heavy atom. The molecule has 5 nitrogen and oxygen atoms in total. The van der Waals surface area contributed by atoms with Crippen molar-refractivity contribution < 1.29 is 19.4 Å². The van der Waals surface area contributed by atoms with Gasteiger partial charge in [-0.25, -0.2) is 4.79 Å². The van der Waals surface area contributed by atoms with E-state index in [1.807, 2.05) is 13.8 Å². The van der Waals surface area contributed by atoms with E-state index in [2.05, 4.69) is 10.2 Å². The summed E-state index contributed by atoms with van der Waals surface area (Å²) in [6, 6.07) is 0. The standard InChI is InChI=1S/C9H15NO4/c1-4-9(5-2)7(12)10-8(9)14-13-6(3)11/h8H,4-5H2,1-3H3,(H,10,12). The lowest BCUT2D eigenvalue weighted by atomic mass is 9.74. The highest BCUT2D eigenvalue weighted by molar-refractivity contribution is 5.89. The summed E-state index contributed by atoms with van der Waals surface area (Å²) in [5.74, 6) is -0.563. The maximum atomic E-state index is 11.3. The van der Waals surface area contributed by atoms with Gasteiger partial charge in [-0.15, -0.1) is 0 Å². The molecule has 5 heteroatoms. The van der Waals surface area contributed by atoms with Gasteiger partial charge >= 0.3 is 5.97 Å². The van der Waals surface area contributed by atoms with Gasteiger partial charge in [0.2, 0.25) is 5.91 Å². The van der Waals surface area contributed by atoms with Crippen molar-refractivity contribution in [3.05, 3.63) is 0 Å². The van der Waals surface area contributed by atoms with E-state index in [0.717, 1.165) is 0 Å². The molecule has 0 radical (unpaired) electrons. The Morgan fingerprint density at radius 2 is 2.07 bits per heavy atom. The zero-order valence-corrected chi connectivity index (χ0v) is 8.62. The van der Waals surface area contributed by atoms with Gasteiger partial charge in [0.1, 0.15) is 0 Å². The van der Waals surface area contributed by atoms with Crippen molar-refractivity contribution in [2.24, 2.45) is 5.41 Å². The Morgan fingerprint density at radius 1 is 1.50 bits per heavy atom. The number of carbonyl (C=O) groups excluding carboxylic acids is 2. The van der Waals surface area contributed by atoms with Gasteiger partial charge in [-0.3, -0.25) is 9.68 Å². The first-order valence-corrected chi connectivity index (χ1v) is 4.71. The molecular formula is C9H15NO4. The van der Waals surface area contributed by atoms with Gasteiger partial charge in [-0.2, -0.15) is 4.89 Å². The number of β-lactam (4-membered cyclic amide) rings is 1. The molecule has 1 amide bonds. The number of hydrogen-bond acceptors (Lipinski definition) is 4. The van der Waals surface area contributed by atoms with Crippen LogP contribution in [-0.2, 0) is 19.4 Å². The van der Waals surface area contributed by atoms with Crippen molar-refractivity contribution in [3.8, 4) is 0 Å². The number of nitrogens with one attached hydrogen (secondary N) is 1. The van der Waals surface area contributed by atoms with E-state index in [9.17, 15) is 9.59 Å². The fourth-order valence-corrected chi connectivity index (χ4v) is 1.62. The van der Waals surface area contributed by atoms with Crippen molar-refractivity contribution in [2.45, 2.75) is 39.8 Å². The zero-order valence-electron chi connectivity index (χ0n) is 8.62. The van der Waals surface area contributed by atoms with Crippen LogP contribution in [0.15, 0.2) is 0 Å². The fraction of sp³-hybridized carbons (Fsp3) is 0.778. The van der Waals surface area contributed by atoms with E-state index in [0.29, 0.717) is 12.8 Å². The van der Waals surface area contributed by atoms with E-state index >= 15 is 0 Å². The lowest BCUT2D eigenvalue weighted by molar-refractivity contribution is -0.332. The molecule has 0 saturated carbocycles. The number of hydrogen-bond donors (Lipinski definition) is 1. The molecule has 1 saturated heterocycles. The van der Waals surface area contributed by atoms with Crippen LogP contribution in [0.5, 0.6) is 0 Å². The summed E-state index contributed by atoms with van der Waals surface area (Å²) < 4.78 is 0. The molecule has 14 heavy (non-hydrogen) atoms. The average Bonchev–Trinajstić information content (AvgIpc) is 2.14. The third-order valence-electron chi connectivity index (χ3n) is 2.74. The molecule has 0 aromatic rings. The van der Waals surface area contributed by atoms with Crippen LogP contribution in [0.3, 0.4) is 0 Å². The van der Waals surface area contributed by atoms with Gasteiger partial charge < -0.3 is 5.32 Å². The lowest BCUT2D eigenvalue weighted by Gasteiger charge is -2.45. The number of amides is 1. The second-order valence-electron chi connectivity index (χ2n) is 3.39. The summed E-state index contributed by atoms with van der Waals surface area (Å²) >= 11 is 0. The quantitative estimate of drug-likeness (QED) is 0.414. The summed E-state index contributed by atoms with van der Waals surface area (Å²) in [6.07, 6.45) is 0.830. The Labute approximate surface area is 82.7 Å². The summed E-state index contributed by atoms with van der Waals surface area (Å²) in [4.78, 5) is 31.1. The van der Waals surface area contributed by atoms with Crippen LogP contribution in [0.4, 0.5) is 0 Å². The topological polar surface area (TPSA) is 64.6 Å². The zero-order chi connectivity index (χ0) is 10.8. The first-order chi connectivity index (χ1) is 6.56. The minimum atomic E-state index is -0.532. The molecule has 1 N–H and O–H groups in total. The van der Waals surface area contributed by atoms with Crippen LogP contribution < -0.4 is 5.32 Å². The smallest absolute Gasteiger partial charge is 0.326 e. The Bertz CT molecular complexity index is 247. The normalized spacial score (nSPS) is 23.6. The second-order valence-corrected chi connectivity index (χ2v) is 3.39. The number of rotatable bonds is 4. The molecule has 0 spiro atoms. The summed E-state index contributed by atoms with van der Waals surface area (Å²) in [6.45, 7) is 5.07. The largest absolute Gasteiger partial charge is 0.339 e. The van der Waals surface area contributed by atoms with Crippen LogP contribution in [-0.4, -0.2) is 18.1 Å². The van der Waals surface area contributed by atoms with Crippen molar-refractivity contribution in [1.82, 2.24) is 5.32 Å². The van der Waals surface area contributed by atoms with E-state index in [1.165, 1.54) is 6.92 Å². The molecule has 1 aliphatic heterocycles. The van der Waals surface area contributed by atoms with Gasteiger partial charge in [0, 0.05) is 6.92 Å². The Hall–Kier alpha value is -1.10. The molecule has 1 aliphatic rings. The highest BCUT2D eigenvalue weighted by atomic mass is 17.2. The van der Waals surface area contributed by atoms with Gasteiger partial charge in [0.05, 0.1) is 5.41 Å². The molecule has 0 aromatic carbocycles. The minimum Gasteiger partial charge on any atom is -0.326 e. The highest BCUT2D eigenvalue weighted by Crippen LogP contribution is 2.38. The first-order valence-electron chi connectivity index (χ1n) is 4.71. The van der Waals surface area contributed by atoms with Crippen LogP contribution in [0.1, 0.15) is 33.6 Å². The molecule has 0 aromatic heterocycles. The van der Waals surface area contributed by atoms with Gasteiger partial charge in [0.25, 0.3) is 0 Å².